The average Bonchev–Trinajstić information content (AvgIpc) is 3.66. The standard InChI is InChI=1S/C32H34F5N7O3.ClH/c1-5-16-46-20-10-11-21(22(17-20)32(35,36)37)24-18-27(47-41-24)29(31(45)38-13-7-15-44(2,3)4)42-19-39-30-26(42)12-14-43(40-30)25-9-6-8-23(33)28(25)34;/h6,8-12,14,17-19,29,40H,5,7,13,15-16H2,1-4H3;1H. The second-order valence-corrected chi connectivity index (χ2v) is 12.0. The van der Waals surface area contributed by atoms with E-state index in [1.165, 1.54) is 58.5 Å². The molecule has 0 radical (unpaired) electrons. The number of rotatable bonds is 12. The van der Waals surface area contributed by atoms with Crippen LogP contribution in [0.5, 0.6) is 5.75 Å². The summed E-state index contributed by atoms with van der Waals surface area (Å²) in [5, 5.41) is 8.04. The van der Waals surface area contributed by atoms with Crippen molar-refractivity contribution < 1.29 is 52.9 Å². The number of hydrogen-bond acceptors (Lipinski definition) is 7. The molecule has 48 heavy (non-hydrogen) atoms. The normalized spacial score (nSPS) is 13.4. The third kappa shape index (κ3) is 8.08. The Morgan fingerprint density at radius 3 is 2.62 bits per heavy atom. The molecular weight excluding hydrogens is 661 g/mol. The second kappa shape index (κ2) is 14.6. The van der Waals surface area contributed by atoms with Crippen LogP contribution in [0.25, 0.3) is 17.3 Å². The van der Waals surface area contributed by atoms with E-state index in [0.717, 1.165) is 18.7 Å². The molecule has 1 unspecified atom stereocenters. The van der Waals surface area contributed by atoms with Gasteiger partial charge < -0.3 is 36.0 Å². The van der Waals surface area contributed by atoms with Gasteiger partial charge in [0.05, 0.1) is 51.9 Å². The van der Waals surface area contributed by atoms with Crippen molar-refractivity contribution in [2.24, 2.45) is 0 Å². The molecule has 4 aromatic rings. The molecule has 2 N–H and O–H groups in total. The fourth-order valence-electron chi connectivity index (χ4n) is 5.03. The number of anilines is 2. The first kappa shape index (κ1) is 36.2. The highest BCUT2D eigenvalue weighted by molar-refractivity contribution is 5.84. The molecule has 16 heteroatoms. The molecule has 0 aliphatic carbocycles. The monoisotopic (exact) mass is 695 g/mol. The molecule has 258 valence electrons. The van der Waals surface area contributed by atoms with Gasteiger partial charge in [0.1, 0.15) is 17.1 Å². The van der Waals surface area contributed by atoms with Crippen LogP contribution in [0.15, 0.2) is 59.5 Å². The van der Waals surface area contributed by atoms with E-state index in [4.69, 9.17) is 9.26 Å². The number of fused-ring (bicyclic) bond motifs is 1. The van der Waals surface area contributed by atoms with Gasteiger partial charge in [-0.1, -0.05) is 18.1 Å². The highest BCUT2D eigenvalue weighted by Crippen LogP contribution is 2.40. The Bertz CT molecular complexity index is 1770. The summed E-state index contributed by atoms with van der Waals surface area (Å²) in [6.07, 6.45) is 0.856. The number of ether oxygens (including phenoxy) is 1. The van der Waals surface area contributed by atoms with E-state index in [1.54, 1.807) is 0 Å². The van der Waals surface area contributed by atoms with Gasteiger partial charge in [-0.15, -0.1) is 0 Å². The Hall–Kier alpha value is -4.63. The minimum absolute atomic E-state index is 0. The van der Waals surface area contributed by atoms with Gasteiger partial charge in [0.2, 0.25) is 0 Å². The molecule has 0 fully saturated rings. The molecular formula is C32H35ClF5N7O3. The third-order valence-corrected chi connectivity index (χ3v) is 7.31. The highest BCUT2D eigenvalue weighted by Gasteiger charge is 2.36. The summed E-state index contributed by atoms with van der Waals surface area (Å²) in [6.45, 7) is 3.19. The molecule has 2 aromatic heterocycles. The van der Waals surface area contributed by atoms with E-state index in [2.05, 4.69) is 20.9 Å². The predicted octanol–water partition coefficient (Wildman–Crippen LogP) is 3.25. The Kier molecular flexibility index (Phi) is 11.0. The first-order chi connectivity index (χ1) is 22.3. The number of nitrogens with one attached hydrogen (secondary N) is 2. The summed E-state index contributed by atoms with van der Waals surface area (Å²) in [7, 11) is 6.07. The topological polar surface area (TPSA) is 97.5 Å². The number of quaternary nitrogens is 1. The highest BCUT2D eigenvalue weighted by atomic mass is 35.5. The van der Waals surface area contributed by atoms with Crippen molar-refractivity contribution in [2.45, 2.75) is 32.0 Å². The number of hydrogen-bond donors (Lipinski definition) is 2. The van der Waals surface area contributed by atoms with Crippen molar-refractivity contribution in [3.05, 3.63) is 83.6 Å². The Labute approximate surface area is 280 Å². The summed E-state index contributed by atoms with van der Waals surface area (Å²) in [4.78, 5) is 18.1. The molecule has 10 nitrogen and oxygen atoms in total. The first-order valence-corrected chi connectivity index (χ1v) is 14.9. The maximum absolute atomic E-state index is 14.5. The molecule has 5 rings (SSSR count). The van der Waals surface area contributed by atoms with E-state index in [9.17, 15) is 26.7 Å². The molecule has 1 amide bonds. The fourth-order valence-corrected chi connectivity index (χ4v) is 5.03. The number of carbonyl (C=O) groups is 1. The number of nitrogens with zero attached hydrogens (tertiary/aromatic N) is 5. The maximum Gasteiger partial charge on any atom is 0.417 e. The molecule has 3 heterocycles. The van der Waals surface area contributed by atoms with Crippen molar-refractivity contribution in [3.63, 3.8) is 0 Å². The minimum Gasteiger partial charge on any atom is -1.00 e. The molecule has 0 spiro atoms. The number of halogens is 6. The van der Waals surface area contributed by atoms with Crippen molar-refractivity contribution in [1.29, 1.82) is 0 Å². The quantitative estimate of drug-likeness (QED) is 0.134. The number of carbonyl (C=O) groups excluding carboxylic acids is 1. The van der Waals surface area contributed by atoms with Crippen LogP contribution in [0.3, 0.4) is 0 Å². The average molecular weight is 696 g/mol. The van der Waals surface area contributed by atoms with Gasteiger partial charge >= 0.3 is 6.18 Å². The number of benzene rings is 2. The van der Waals surface area contributed by atoms with Crippen LogP contribution >= 0.6 is 0 Å². The van der Waals surface area contributed by atoms with E-state index in [-0.39, 0.29) is 53.3 Å². The van der Waals surface area contributed by atoms with Crippen LogP contribution in [0.2, 0.25) is 0 Å². The zero-order valence-corrected chi connectivity index (χ0v) is 27.4. The van der Waals surface area contributed by atoms with Crippen molar-refractivity contribution in [2.75, 3.05) is 51.3 Å². The van der Waals surface area contributed by atoms with Crippen molar-refractivity contribution in [1.82, 2.24) is 20.0 Å². The van der Waals surface area contributed by atoms with Gasteiger partial charge in [-0.05, 0) is 42.8 Å². The van der Waals surface area contributed by atoms with Crippen LogP contribution in [0.1, 0.15) is 42.8 Å². The van der Waals surface area contributed by atoms with Crippen molar-refractivity contribution in [3.8, 4) is 17.0 Å². The molecule has 0 saturated heterocycles. The summed E-state index contributed by atoms with van der Waals surface area (Å²) < 4.78 is 83.9. The smallest absolute Gasteiger partial charge is 0.417 e. The number of amides is 1. The predicted molar refractivity (Wildman–Crippen MR) is 165 cm³/mol. The van der Waals surface area contributed by atoms with Crippen LogP contribution in [-0.4, -0.2) is 65.9 Å². The third-order valence-electron chi connectivity index (χ3n) is 7.31. The lowest BCUT2D eigenvalue weighted by atomic mass is 10.0. The summed E-state index contributed by atoms with van der Waals surface area (Å²) in [5.41, 5.74) is 1.81. The molecule has 1 aliphatic rings. The number of imidazole rings is 1. The maximum atomic E-state index is 14.5. The van der Waals surface area contributed by atoms with Gasteiger partial charge in [-0.3, -0.25) is 15.2 Å². The van der Waals surface area contributed by atoms with Crippen LogP contribution in [-0.2, 0) is 11.0 Å². The lowest BCUT2D eigenvalue weighted by Crippen LogP contribution is -3.00. The second-order valence-electron chi connectivity index (χ2n) is 12.0. The van der Waals surface area contributed by atoms with E-state index in [0.29, 0.717) is 29.6 Å². The zero-order valence-electron chi connectivity index (χ0n) is 26.6. The molecule has 2 aromatic carbocycles. The summed E-state index contributed by atoms with van der Waals surface area (Å²) in [5.74, 6) is -2.39. The number of alkyl halides is 3. The lowest BCUT2D eigenvalue weighted by molar-refractivity contribution is -0.870. The fraction of sp³-hybridized carbons (Fsp3) is 0.344. The summed E-state index contributed by atoms with van der Waals surface area (Å²) in [6, 6.07) is 7.35. The number of hydrazine groups is 1. The zero-order chi connectivity index (χ0) is 33.9. The van der Waals surface area contributed by atoms with Crippen LogP contribution in [0, 0.1) is 11.6 Å². The van der Waals surface area contributed by atoms with Gasteiger partial charge in [0.25, 0.3) is 5.91 Å². The Morgan fingerprint density at radius 2 is 1.92 bits per heavy atom. The van der Waals surface area contributed by atoms with Gasteiger partial charge in [0.15, 0.2) is 29.3 Å². The van der Waals surface area contributed by atoms with Crippen LogP contribution in [0.4, 0.5) is 33.5 Å². The van der Waals surface area contributed by atoms with Crippen LogP contribution < -0.4 is 32.9 Å². The Balaban J connectivity index is 0.00000520. The molecule has 1 aliphatic heterocycles. The van der Waals surface area contributed by atoms with E-state index >= 15 is 0 Å². The SMILES string of the molecule is CCCOc1ccc(-c2cc(C(C(=O)NCCC[N+](C)(C)C)n3cnc4c3C=CN(c3cccc(F)c3F)N4)on2)c(C(F)(F)F)c1.[Cl-]. The van der Waals surface area contributed by atoms with Gasteiger partial charge in [-0.25, -0.2) is 13.8 Å². The van der Waals surface area contributed by atoms with E-state index in [1.807, 2.05) is 28.1 Å². The summed E-state index contributed by atoms with van der Waals surface area (Å²) >= 11 is 0. The minimum atomic E-state index is -4.73. The molecule has 0 saturated carbocycles. The largest absolute Gasteiger partial charge is 1.00 e. The van der Waals surface area contributed by atoms with E-state index < -0.39 is 35.3 Å². The first-order valence-electron chi connectivity index (χ1n) is 14.9. The van der Waals surface area contributed by atoms with Gasteiger partial charge in [0, 0.05) is 30.8 Å². The molecule has 0 bridgehead atoms. The van der Waals surface area contributed by atoms with Crippen molar-refractivity contribution >= 4 is 23.5 Å². The lowest BCUT2D eigenvalue weighted by Gasteiger charge is -2.26. The van der Waals surface area contributed by atoms with Gasteiger partial charge in [-0.2, -0.15) is 13.2 Å². The number of aromatic nitrogens is 3. The molecule has 1 atom stereocenters. The Morgan fingerprint density at radius 1 is 1.15 bits per heavy atom.